The van der Waals surface area contributed by atoms with Crippen molar-refractivity contribution in [2.24, 2.45) is 0 Å². The molecule has 1 N–H and O–H groups in total. The number of hydrogen-bond donors (Lipinski definition) is 1. The molecule has 1 amide bonds. The summed E-state index contributed by atoms with van der Waals surface area (Å²) in [5, 5.41) is 10.7. The lowest BCUT2D eigenvalue weighted by Crippen LogP contribution is -2.57. The smallest absolute Gasteiger partial charge is 0.306 e. The molecule has 1 heterocycles. The number of halogens is 3. The first kappa shape index (κ1) is 29.7. The molecule has 1 saturated heterocycles. The summed E-state index contributed by atoms with van der Waals surface area (Å²) in [6.07, 6.45) is -2.50. The third-order valence-corrected chi connectivity index (χ3v) is 9.80. The van der Waals surface area contributed by atoms with Gasteiger partial charge in [0.1, 0.15) is 12.2 Å². The summed E-state index contributed by atoms with van der Waals surface area (Å²) in [6, 6.07) is 10.1. The predicted molar refractivity (Wildman–Crippen MR) is 145 cm³/mol. The number of rotatable bonds is 8. The molecule has 2 aromatic rings. The van der Waals surface area contributed by atoms with Crippen LogP contribution in [0, 0.1) is 0 Å². The maximum absolute atomic E-state index is 13.8. The topological polar surface area (TPSA) is 101 Å². The second-order valence-electron chi connectivity index (χ2n) is 10.0. The Balaban J connectivity index is 2.24. The highest BCUT2D eigenvalue weighted by molar-refractivity contribution is 7.92. The summed E-state index contributed by atoms with van der Waals surface area (Å²) in [5.41, 5.74) is 1.16. The molecule has 0 radical (unpaired) electrons. The van der Waals surface area contributed by atoms with Gasteiger partial charge in [-0.3, -0.25) is 9.59 Å². The molecule has 202 valence electrons. The van der Waals surface area contributed by atoms with Gasteiger partial charge in [-0.25, -0.2) is 8.42 Å². The van der Waals surface area contributed by atoms with Gasteiger partial charge in [0.2, 0.25) is 0 Å². The van der Waals surface area contributed by atoms with E-state index in [1.54, 1.807) is 70.2 Å². The summed E-state index contributed by atoms with van der Waals surface area (Å²) in [6.45, 7) is 6.62. The molecule has 4 atom stereocenters. The average molecular weight is 591 g/mol. The Morgan fingerprint density at radius 3 is 2.08 bits per heavy atom. The van der Waals surface area contributed by atoms with Crippen LogP contribution in [-0.4, -0.2) is 52.9 Å². The Kier molecular flexibility index (Phi) is 9.23. The normalized spacial score (nSPS) is 21.6. The number of carbonyl (C=O) groups is 2. The lowest BCUT2D eigenvalue weighted by atomic mass is 9.89. The quantitative estimate of drug-likeness (QED) is 0.397. The number of hydrogen-bond acceptors (Lipinski definition) is 5. The minimum Gasteiger partial charge on any atom is -0.481 e. The number of nitrogens with zero attached hydrogens (tertiary/aromatic N) is 1. The lowest BCUT2D eigenvalue weighted by Gasteiger charge is -2.48. The minimum absolute atomic E-state index is 0.300. The average Bonchev–Trinajstić information content (AvgIpc) is 2.77. The zero-order valence-electron chi connectivity index (χ0n) is 20.9. The van der Waals surface area contributed by atoms with E-state index in [1.807, 2.05) is 0 Å². The summed E-state index contributed by atoms with van der Waals surface area (Å²) in [5.74, 6) is -2.12. The second-order valence-corrected chi connectivity index (χ2v) is 14.1. The zero-order chi connectivity index (χ0) is 27.7. The van der Waals surface area contributed by atoms with Crippen LogP contribution in [-0.2, 0) is 24.2 Å². The predicted octanol–water partition coefficient (Wildman–Crippen LogP) is 6.12. The number of carboxylic acids is 1. The maximum Gasteiger partial charge on any atom is 0.306 e. The largest absolute Gasteiger partial charge is 0.481 e. The van der Waals surface area contributed by atoms with E-state index in [1.165, 1.54) is 4.90 Å². The monoisotopic (exact) mass is 589 g/mol. The number of sulfone groups is 1. The van der Waals surface area contributed by atoms with Crippen molar-refractivity contribution in [2.45, 2.75) is 69.6 Å². The molecule has 1 fully saturated rings. The van der Waals surface area contributed by atoms with Gasteiger partial charge in [-0.1, -0.05) is 53.9 Å². The molecule has 0 spiro atoms. The van der Waals surface area contributed by atoms with E-state index in [0.717, 1.165) is 0 Å². The Bertz CT molecular complexity index is 1240. The Morgan fingerprint density at radius 2 is 1.59 bits per heavy atom. The molecular weight excluding hydrogens is 561 g/mol. The highest BCUT2D eigenvalue weighted by atomic mass is 35.5. The maximum atomic E-state index is 13.8. The van der Waals surface area contributed by atoms with Crippen molar-refractivity contribution >= 4 is 56.5 Å². The lowest BCUT2D eigenvalue weighted by molar-refractivity contribution is -0.182. The molecule has 3 rings (SSSR count). The number of morpholine rings is 1. The SMILES string of the molecule is CCC(CS(=O)(=O)C(C)(C)C)N1C(=O)[C@H](CC(=O)O)O[C@H](c2cc(Cl)cc(Cl)c2)[C@H]1c1ccc(Cl)cc1. The molecule has 11 heteroatoms. The Hall–Kier alpha value is -1.84. The van der Waals surface area contributed by atoms with Crippen molar-refractivity contribution in [1.82, 2.24) is 4.90 Å². The van der Waals surface area contributed by atoms with Crippen LogP contribution in [0.2, 0.25) is 15.1 Å². The first-order valence-corrected chi connectivity index (χ1v) is 14.6. The van der Waals surface area contributed by atoms with Crippen molar-refractivity contribution in [3.8, 4) is 0 Å². The first-order chi connectivity index (χ1) is 17.1. The molecule has 2 aromatic carbocycles. The highest BCUT2D eigenvalue weighted by Gasteiger charge is 2.48. The molecule has 7 nitrogen and oxygen atoms in total. The van der Waals surface area contributed by atoms with Gasteiger partial charge in [-0.15, -0.1) is 0 Å². The van der Waals surface area contributed by atoms with E-state index in [4.69, 9.17) is 39.5 Å². The molecular formula is C26H30Cl3NO6S. The van der Waals surface area contributed by atoms with Gasteiger partial charge in [0.05, 0.1) is 23.0 Å². The van der Waals surface area contributed by atoms with E-state index in [2.05, 4.69) is 0 Å². The number of amides is 1. The Labute approximate surface area is 232 Å². The molecule has 1 aliphatic heterocycles. The summed E-state index contributed by atoms with van der Waals surface area (Å²) >= 11 is 18.7. The van der Waals surface area contributed by atoms with E-state index in [9.17, 15) is 23.1 Å². The molecule has 0 aromatic heterocycles. The van der Waals surface area contributed by atoms with Crippen LogP contribution < -0.4 is 0 Å². The van der Waals surface area contributed by atoms with E-state index in [0.29, 0.717) is 32.6 Å². The molecule has 0 aliphatic carbocycles. The van der Waals surface area contributed by atoms with Gasteiger partial charge >= 0.3 is 5.97 Å². The summed E-state index contributed by atoms with van der Waals surface area (Å²) in [7, 11) is -3.64. The van der Waals surface area contributed by atoms with Crippen molar-refractivity contribution in [1.29, 1.82) is 0 Å². The number of carboxylic acid groups (broad SMARTS) is 1. The minimum atomic E-state index is -3.64. The van der Waals surface area contributed by atoms with Crippen LogP contribution in [0.1, 0.15) is 63.8 Å². The number of ether oxygens (including phenoxy) is 1. The van der Waals surface area contributed by atoms with E-state index in [-0.39, 0.29) is 5.75 Å². The third-order valence-electron chi connectivity index (χ3n) is 6.42. The molecule has 0 saturated carbocycles. The number of benzene rings is 2. The van der Waals surface area contributed by atoms with Crippen LogP contribution in [0.5, 0.6) is 0 Å². The van der Waals surface area contributed by atoms with Crippen LogP contribution in [0.15, 0.2) is 42.5 Å². The number of aliphatic carboxylic acids is 1. The van der Waals surface area contributed by atoms with Gasteiger partial charge in [-0.2, -0.15) is 0 Å². The van der Waals surface area contributed by atoms with Crippen molar-refractivity contribution in [3.63, 3.8) is 0 Å². The van der Waals surface area contributed by atoms with Gasteiger partial charge < -0.3 is 14.7 Å². The molecule has 1 unspecified atom stereocenters. The first-order valence-electron chi connectivity index (χ1n) is 11.8. The van der Waals surface area contributed by atoms with Crippen LogP contribution >= 0.6 is 34.8 Å². The van der Waals surface area contributed by atoms with Crippen molar-refractivity contribution < 1.29 is 27.9 Å². The van der Waals surface area contributed by atoms with Gasteiger partial charge in [0.15, 0.2) is 9.84 Å². The van der Waals surface area contributed by atoms with Crippen molar-refractivity contribution in [2.75, 3.05) is 5.75 Å². The fourth-order valence-corrected chi connectivity index (χ4v) is 6.43. The van der Waals surface area contributed by atoms with Gasteiger partial charge in [0, 0.05) is 21.1 Å². The van der Waals surface area contributed by atoms with Gasteiger partial charge in [-0.05, 0) is 68.7 Å². The highest BCUT2D eigenvalue weighted by Crippen LogP contribution is 2.45. The fourth-order valence-electron chi connectivity index (χ4n) is 4.35. The van der Waals surface area contributed by atoms with Crippen LogP contribution in [0.25, 0.3) is 0 Å². The third kappa shape index (κ3) is 6.79. The molecule has 37 heavy (non-hydrogen) atoms. The second kappa shape index (κ2) is 11.5. The standard InChI is InChI=1S/C26H30Cl3NO6S/c1-5-20(14-37(34,35)26(2,3)4)30-23(15-6-8-17(27)9-7-15)24(16-10-18(28)12-19(29)11-16)36-21(25(30)33)13-22(31)32/h6-12,20-21,23-24H,5,13-14H2,1-4H3,(H,31,32)/t20?,21-,23+,24+/m0/s1. The van der Waals surface area contributed by atoms with Gasteiger partial charge in [0.25, 0.3) is 5.91 Å². The van der Waals surface area contributed by atoms with E-state index < -0.39 is 57.2 Å². The van der Waals surface area contributed by atoms with Crippen molar-refractivity contribution in [3.05, 3.63) is 68.7 Å². The fraction of sp³-hybridized carbons (Fsp3) is 0.462. The number of carbonyl (C=O) groups excluding carboxylic acids is 1. The summed E-state index contributed by atoms with van der Waals surface area (Å²) in [4.78, 5) is 27.0. The molecule has 1 aliphatic rings. The van der Waals surface area contributed by atoms with Crippen LogP contribution in [0.3, 0.4) is 0 Å². The summed E-state index contributed by atoms with van der Waals surface area (Å²) < 4.78 is 31.6. The van der Waals surface area contributed by atoms with E-state index >= 15 is 0 Å². The van der Waals surface area contributed by atoms with Crippen LogP contribution in [0.4, 0.5) is 0 Å². The molecule has 0 bridgehead atoms. The zero-order valence-corrected chi connectivity index (χ0v) is 24.0. The Morgan fingerprint density at radius 1 is 1.03 bits per heavy atom.